The number of ether oxygens (including phenoxy) is 1. The number of hydrogen-bond acceptors (Lipinski definition) is 4. The van der Waals surface area contributed by atoms with Crippen molar-refractivity contribution >= 4 is 11.7 Å². The second-order valence-electron chi connectivity index (χ2n) is 4.38. The molecule has 0 spiro atoms. The van der Waals surface area contributed by atoms with E-state index >= 15 is 0 Å². The molecule has 0 fully saturated rings. The number of esters is 1. The number of carbonyl (C=O) groups is 1. The van der Waals surface area contributed by atoms with Crippen LogP contribution in [-0.4, -0.2) is 22.1 Å². The van der Waals surface area contributed by atoms with Crippen LogP contribution in [0, 0.1) is 10.1 Å². The first-order valence-corrected chi connectivity index (χ1v) is 6.12. The zero-order valence-corrected chi connectivity index (χ0v) is 10.9. The number of non-ortho nitro benzene ring substituents is 1. The Bertz CT molecular complexity index is 590. The monoisotopic (exact) mass is 274 g/mol. The van der Waals surface area contributed by atoms with Gasteiger partial charge in [-0.05, 0) is 31.2 Å². The molecule has 104 valence electrons. The Morgan fingerprint density at radius 1 is 1.30 bits per heavy atom. The van der Waals surface area contributed by atoms with Crippen molar-refractivity contribution in [1.82, 2.24) is 4.57 Å². The highest BCUT2D eigenvalue weighted by atomic mass is 16.6. The Morgan fingerprint density at radius 3 is 2.45 bits per heavy atom. The van der Waals surface area contributed by atoms with Crippen LogP contribution < -0.4 is 0 Å². The number of rotatable bonds is 5. The summed E-state index contributed by atoms with van der Waals surface area (Å²) in [6.45, 7) is 2.17. The van der Waals surface area contributed by atoms with Crippen LogP contribution in [0.4, 0.5) is 5.69 Å². The third-order valence-corrected chi connectivity index (χ3v) is 2.91. The smallest absolute Gasteiger partial charge is 0.338 e. The fourth-order valence-corrected chi connectivity index (χ4v) is 1.73. The third kappa shape index (κ3) is 3.23. The van der Waals surface area contributed by atoms with Gasteiger partial charge in [-0.1, -0.05) is 0 Å². The van der Waals surface area contributed by atoms with Gasteiger partial charge < -0.3 is 9.30 Å². The Kier molecular flexibility index (Phi) is 4.14. The van der Waals surface area contributed by atoms with Gasteiger partial charge in [0.15, 0.2) is 0 Å². The van der Waals surface area contributed by atoms with Crippen molar-refractivity contribution in [1.29, 1.82) is 0 Å². The van der Waals surface area contributed by atoms with Crippen molar-refractivity contribution in [2.75, 3.05) is 6.61 Å². The highest BCUT2D eigenvalue weighted by Crippen LogP contribution is 2.13. The molecule has 0 saturated carbocycles. The van der Waals surface area contributed by atoms with E-state index in [4.69, 9.17) is 4.74 Å². The molecule has 1 heterocycles. The molecular weight excluding hydrogens is 260 g/mol. The van der Waals surface area contributed by atoms with Gasteiger partial charge in [0, 0.05) is 24.5 Å². The lowest BCUT2D eigenvalue weighted by molar-refractivity contribution is -0.384. The summed E-state index contributed by atoms with van der Waals surface area (Å²) in [5.41, 5.74) is 0.248. The molecule has 6 nitrogen and oxygen atoms in total. The van der Waals surface area contributed by atoms with Gasteiger partial charge in [0.25, 0.3) is 5.69 Å². The summed E-state index contributed by atoms with van der Waals surface area (Å²) in [6, 6.07) is 9.18. The maximum Gasteiger partial charge on any atom is 0.338 e. The maximum absolute atomic E-state index is 11.8. The van der Waals surface area contributed by atoms with Crippen LogP contribution in [0.2, 0.25) is 0 Å². The zero-order chi connectivity index (χ0) is 14.5. The Morgan fingerprint density at radius 2 is 1.90 bits per heavy atom. The molecule has 1 unspecified atom stereocenters. The van der Waals surface area contributed by atoms with Gasteiger partial charge in [-0.3, -0.25) is 10.1 Å². The van der Waals surface area contributed by atoms with Crippen LogP contribution in [0.25, 0.3) is 0 Å². The second-order valence-corrected chi connectivity index (χ2v) is 4.38. The van der Waals surface area contributed by atoms with E-state index in [1.165, 1.54) is 24.3 Å². The normalized spacial score (nSPS) is 11.8. The lowest BCUT2D eigenvalue weighted by atomic mass is 10.2. The highest BCUT2D eigenvalue weighted by molar-refractivity contribution is 5.89. The van der Waals surface area contributed by atoms with Gasteiger partial charge in [0.2, 0.25) is 0 Å². The van der Waals surface area contributed by atoms with E-state index in [1.54, 1.807) is 0 Å². The Labute approximate surface area is 115 Å². The summed E-state index contributed by atoms with van der Waals surface area (Å²) >= 11 is 0. The summed E-state index contributed by atoms with van der Waals surface area (Å²) in [6.07, 6.45) is 3.79. The van der Waals surface area contributed by atoms with E-state index in [2.05, 4.69) is 0 Å². The predicted molar refractivity (Wildman–Crippen MR) is 72.5 cm³/mol. The number of nitrogens with zero attached hydrogens (tertiary/aromatic N) is 2. The zero-order valence-electron chi connectivity index (χ0n) is 10.9. The van der Waals surface area contributed by atoms with Crippen LogP contribution in [0.3, 0.4) is 0 Å². The van der Waals surface area contributed by atoms with Crippen molar-refractivity contribution in [3.63, 3.8) is 0 Å². The summed E-state index contributed by atoms with van der Waals surface area (Å²) in [5, 5.41) is 10.5. The fraction of sp³-hybridized carbons (Fsp3) is 0.214. The molecular formula is C14H14N2O4. The number of benzene rings is 1. The number of nitro benzene ring substituents is 1. The summed E-state index contributed by atoms with van der Waals surface area (Å²) in [5.74, 6) is -0.487. The van der Waals surface area contributed by atoms with Gasteiger partial charge in [0.1, 0.15) is 6.61 Å². The second kappa shape index (κ2) is 6.01. The van der Waals surface area contributed by atoms with Crippen molar-refractivity contribution in [2.45, 2.75) is 13.0 Å². The van der Waals surface area contributed by atoms with E-state index in [0.29, 0.717) is 5.56 Å². The lowest BCUT2D eigenvalue weighted by Crippen LogP contribution is -2.14. The molecule has 20 heavy (non-hydrogen) atoms. The quantitative estimate of drug-likeness (QED) is 0.477. The maximum atomic E-state index is 11.8. The largest absolute Gasteiger partial charge is 0.460 e. The molecule has 6 heteroatoms. The number of carbonyl (C=O) groups excluding carboxylic acids is 1. The van der Waals surface area contributed by atoms with E-state index in [9.17, 15) is 14.9 Å². The number of nitro groups is 1. The Hall–Kier alpha value is -2.63. The SMILES string of the molecule is CC(COC(=O)c1ccc([N+](=O)[O-])cc1)n1cccc1. The van der Waals surface area contributed by atoms with Gasteiger partial charge in [-0.25, -0.2) is 4.79 Å². The van der Waals surface area contributed by atoms with Gasteiger partial charge in [0.05, 0.1) is 16.5 Å². The van der Waals surface area contributed by atoms with Gasteiger partial charge in [-0.15, -0.1) is 0 Å². The van der Waals surface area contributed by atoms with E-state index in [-0.39, 0.29) is 18.3 Å². The fourth-order valence-electron chi connectivity index (χ4n) is 1.73. The molecule has 2 rings (SSSR count). The van der Waals surface area contributed by atoms with Crippen LogP contribution in [-0.2, 0) is 4.74 Å². The van der Waals surface area contributed by atoms with Gasteiger partial charge in [-0.2, -0.15) is 0 Å². The van der Waals surface area contributed by atoms with Crippen LogP contribution in [0.15, 0.2) is 48.8 Å². The molecule has 0 amide bonds. The number of hydrogen-bond donors (Lipinski definition) is 0. The lowest BCUT2D eigenvalue weighted by Gasteiger charge is -2.13. The van der Waals surface area contributed by atoms with Crippen molar-refractivity contribution in [3.8, 4) is 0 Å². The molecule has 0 aliphatic heterocycles. The van der Waals surface area contributed by atoms with E-state index in [1.807, 2.05) is 36.0 Å². The summed E-state index contributed by atoms with van der Waals surface area (Å²) < 4.78 is 7.12. The summed E-state index contributed by atoms with van der Waals surface area (Å²) in [4.78, 5) is 21.8. The first kappa shape index (κ1) is 13.8. The highest BCUT2D eigenvalue weighted by Gasteiger charge is 2.12. The predicted octanol–water partition coefficient (Wildman–Crippen LogP) is 2.81. The standard InChI is InChI=1S/C14H14N2O4/c1-11(15-8-2-3-9-15)10-20-14(17)12-4-6-13(7-5-12)16(18)19/h2-9,11H,10H2,1H3. The van der Waals surface area contributed by atoms with Crippen LogP contribution in [0.5, 0.6) is 0 Å². The summed E-state index contributed by atoms with van der Waals surface area (Å²) in [7, 11) is 0. The molecule has 2 aromatic rings. The molecule has 1 aromatic carbocycles. The number of aromatic nitrogens is 1. The first-order chi connectivity index (χ1) is 9.58. The molecule has 0 radical (unpaired) electrons. The van der Waals surface area contributed by atoms with Crippen molar-refractivity contribution in [2.24, 2.45) is 0 Å². The molecule has 0 bridgehead atoms. The Balaban J connectivity index is 1.93. The minimum Gasteiger partial charge on any atom is -0.460 e. The van der Waals surface area contributed by atoms with Crippen LogP contribution >= 0.6 is 0 Å². The van der Waals surface area contributed by atoms with E-state index in [0.717, 1.165) is 0 Å². The van der Waals surface area contributed by atoms with Gasteiger partial charge >= 0.3 is 5.97 Å². The molecule has 0 N–H and O–H groups in total. The van der Waals surface area contributed by atoms with E-state index < -0.39 is 10.9 Å². The average Bonchev–Trinajstić information content (AvgIpc) is 2.98. The molecule has 0 aliphatic carbocycles. The minimum absolute atomic E-state index is 0.0343. The average molecular weight is 274 g/mol. The third-order valence-electron chi connectivity index (χ3n) is 2.91. The molecule has 1 aromatic heterocycles. The molecule has 0 aliphatic rings. The van der Waals surface area contributed by atoms with Crippen LogP contribution in [0.1, 0.15) is 23.3 Å². The first-order valence-electron chi connectivity index (χ1n) is 6.12. The minimum atomic E-state index is -0.511. The van der Waals surface area contributed by atoms with Crippen molar-refractivity contribution < 1.29 is 14.5 Å². The molecule has 0 saturated heterocycles. The molecule has 1 atom stereocenters. The van der Waals surface area contributed by atoms with Crippen molar-refractivity contribution in [3.05, 3.63) is 64.5 Å². The topological polar surface area (TPSA) is 74.4 Å².